The first-order valence-electron chi connectivity index (χ1n) is 7.58. The van der Waals surface area contributed by atoms with Gasteiger partial charge in [-0.25, -0.2) is 4.39 Å². The molecule has 1 aliphatic heterocycles. The van der Waals surface area contributed by atoms with E-state index >= 15 is 0 Å². The minimum absolute atomic E-state index is 0.126. The fourth-order valence-corrected chi connectivity index (χ4v) is 2.49. The highest BCUT2D eigenvalue weighted by molar-refractivity contribution is 5.97. The monoisotopic (exact) mass is 301 g/mol. The van der Waals surface area contributed by atoms with Gasteiger partial charge in [-0.3, -0.25) is 4.79 Å². The maximum atomic E-state index is 13.0. The van der Waals surface area contributed by atoms with E-state index in [0.29, 0.717) is 13.0 Å². The Labute approximate surface area is 130 Å². The van der Waals surface area contributed by atoms with E-state index in [1.165, 1.54) is 18.3 Å². The fraction of sp³-hybridized carbons (Fsp3) is 0.412. The molecule has 0 radical (unpaired) electrons. The van der Waals surface area contributed by atoms with Crippen LogP contribution in [-0.2, 0) is 11.2 Å². The Hall–Kier alpha value is -2.35. The van der Waals surface area contributed by atoms with E-state index in [2.05, 4.69) is 5.32 Å². The summed E-state index contributed by atoms with van der Waals surface area (Å²) in [7, 11) is 0. The first-order valence-corrected chi connectivity index (χ1v) is 7.58. The van der Waals surface area contributed by atoms with Gasteiger partial charge in [-0.05, 0) is 43.4 Å². The van der Waals surface area contributed by atoms with Crippen LogP contribution in [0.2, 0.25) is 0 Å². The molecular weight excluding hydrogens is 281 g/mol. The predicted molar refractivity (Wildman–Crippen MR) is 82.2 cm³/mol. The number of carbonyl (C=O) groups excluding carboxylic acids is 1. The number of amides is 1. The molecule has 0 bridgehead atoms. The van der Waals surface area contributed by atoms with Gasteiger partial charge < -0.3 is 10.2 Å². The van der Waals surface area contributed by atoms with Gasteiger partial charge in [0.25, 0.3) is 5.91 Å². The second-order valence-corrected chi connectivity index (χ2v) is 5.36. The quantitative estimate of drug-likeness (QED) is 0.516. The molecular formula is C17H20FN3O. The van der Waals surface area contributed by atoms with Crippen LogP contribution in [0.15, 0.2) is 36.0 Å². The number of hydrogen-bond acceptors (Lipinski definition) is 3. The molecule has 1 saturated heterocycles. The first kappa shape index (κ1) is 16.0. The number of nitrogens with one attached hydrogen (secondary N) is 1. The van der Waals surface area contributed by atoms with Crippen molar-refractivity contribution in [3.8, 4) is 6.07 Å². The lowest BCUT2D eigenvalue weighted by molar-refractivity contribution is -0.127. The van der Waals surface area contributed by atoms with Gasteiger partial charge in [0.1, 0.15) is 17.5 Å². The molecule has 0 aromatic heterocycles. The lowest BCUT2D eigenvalue weighted by Gasteiger charge is -2.26. The second-order valence-electron chi connectivity index (χ2n) is 5.36. The average Bonchev–Trinajstić information content (AvgIpc) is 2.55. The Morgan fingerprint density at radius 2 is 2.14 bits per heavy atom. The molecule has 1 N–H and O–H groups in total. The Kier molecular flexibility index (Phi) is 5.96. The lowest BCUT2D eigenvalue weighted by atomic mass is 10.1. The van der Waals surface area contributed by atoms with Crippen LogP contribution in [0, 0.1) is 17.1 Å². The van der Waals surface area contributed by atoms with E-state index in [4.69, 9.17) is 5.26 Å². The molecule has 0 spiro atoms. The van der Waals surface area contributed by atoms with Crippen molar-refractivity contribution < 1.29 is 9.18 Å². The van der Waals surface area contributed by atoms with Crippen molar-refractivity contribution >= 4 is 5.91 Å². The maximum Gasteiger partial charge on any atom is 0.265 e. The summed E-state index contributed by atoms with van der Waals surface area (Å²) in [5, 5.41) is 12.1. The van der Waals surface area contributed by atoms with Gasteiger partial charge in [-0.1, -0.05) is 12.1 Å². The van der Waals surface area contributed by atoms with Crippen LogP contribution >= 0.6 is 0 Å². The zero-order chi connectivity index (χ0) is 15.8. The summed E-state index contributed by atoms with van der Waals surface area (Å²) in [5.41, 5.74) is 1.00. The van der Waals surface area contributed by atoms with Crippen LogP contribution in [0.25, 0.3) is 0 Å². The van der Waals surface area contributed by atoms with E-state index < -0.39 is 0 Å². The van der Waals surface area contributed by atoms with E-state index in [0.717, 1.165) is 37.9 Å². The summed E-state index contributed by atoms with van der Waals surface area (Å²) in [6.07, 6.45) is 5.23. The minimum Gasteiger partial charge on any atom is -0.389 e. The Morgan fingerprint density at radius 1 is 1.36 bits per heavy atom. The molecule has 0 unspecified atom stereocenters. The maximum absolute atomic E-state index is 13.0. The van der Waals surface area contributed by atoms with Gasteiger partial charge in [0, 0.05) is 25.8 Å². The normalized spacial score (nSPS) is 15.3. The molecule has 1 heterocycles. The molecule has 1 aromatic rings. The van der Waals surface area contributed by atoms with Gasteiger partial charge in [0.15, 0.2) is 0 Å². The van der Waals surface area contributed by atoms with Crippen molar-refractivity contribution in [2.45, 2.75) is 25.7 Å². The van der Waals surface area contributed by atoms with Gasteiger partial charge in [0.2, 0.25) is 0 Å². The largest absolute Gasteiger partial charge is 0.389 e. The highest BCUT2D eigenvalue weighted by atomic mass is 19.1. The summed E-state index contributed by atoms with van der Waals surface area (Å²) < 4.78 is 13.0. The topological polar surface area (TPSA) is 56.1 Å². The molecule has 1 aromatic carbocycles. The molecule has 1 amide bonds. The van der Waals surface area contributed by atoms with Gasteiger partial charge in [-0.2, -0.15) is 5.26 Å². The summed E-state index contributed by atoms with van der Waals surface area (Å²) in [6.45, 7) is 1.99. The SMILES string of the molecule is N#C/C(=C/NCCc1cccc(F)c1)C(=O)N1CCCCC1. The van der Waals surface area contributed by atoms with Crippen LogP contribution in [0.4, 0.5) is 4.39 Å². The van der Waals surface area contributed by atoms with Crippen LogP contribution in [0.1, 0.15) is 24.8 Å². The third kappa shape index (κ3) is 4.59. The van der Waals surface area contributed by atoms with E-state index in [-0.39, 0.29) is 17.3 Å². The molecule has 2 rings (SSSR count). The average molecular weight is 301 g/mol. The van der Waals surface area contributed by atoms with Crippen LogP contribution in [0.3, 0.4) is 0 Å². The molecule has 5 heteroatoms. The number of benzene rings is 1. The minimum atomic E-state index is -0.258. The Morgan fingerprint density at radius 3 is 2.82 bits per heavy atom. The molecule has 22 heavy (non-hydrogen) atoms. The van der Waals surface area contributed by atoms with Crippen molar-refractivity contribution in [2.75, 3.05) is 19.6 Å². The molecule has 1 aliphatic rings. The highest BCUT2D eigenvalue weighted by Crippen LogP contribution is 2.11. The zero-order valence-electron chi connectivity index (χ0n) is 12.5. The zero-order valence-corrected chi connectivity index (χ0v) is 12.5. The fourth-order valence-electron chi connectivity index (χ4n) is 2.49. The van der Waals surface area contributed by atoms with Gasteiger partial charge in [-0.15, -0.1) is 0 Å². The third-order valence-corrected chi connectivity index (χ3v) is 3.69. The lowest BCUT2D eigenvalue weighted by Crippen LogP contribution is -2.36. The van der Waals surface area contributed by atoms with Crippen molar-refractivity contribution in [1.82, 2.24) is 10.2 Å². The smallest absolute Gasteiger partial charge is 0.265 e. The number of rotatable bonds is 5. The number of halogens is 1. The van der Waals surface area contributed by atoms with E-state index in [1.807, 2.05) is 12.1 Å². The van der Waals surface area contributed by atoms with Crippen molar-refractivity contribution in [3.63, 3.8) is 0 Å². The molecule has 0 atom stereocenters. The standard InChI is InChI=1S/C17H20FN3O/c18-16-6-4-5-14(11-16)7-8-20-13-15(12-19)17(22)21-9-2-1-3-10-21/h4-6,11,13,20H,1-3,7-10H2/b15-13-. The van der Waals surface area contributed by atoms with Crippen LogP contribution < -0.4 is 5.32 Å². The molecule has 0 saturated carbocycles. The molecule has 0 aliphatic carbocycles. The van der Waals surface area contributed by atoms with E-state index in [9.17, 15) is 9.18 Å². The predicted octanol–water partition coefficient (Wildman–Crippen LogP) is 2.38. The summed E-state index contributed by atoms with van der Waals surface area (Å²) in [4.78, 5) is 13.9. The number of likely N-dealkylation sites (tertiary alicyclic amines) is 1. The Bertz CT molecular complexity index is 586. The first-order chi connectivity index (χ1) is 10.7. The number of piperidine rings is 1. The van der Waals surface area contributed by atoms with Crippen molar-refractivity contribution in [1.29, 1.82) is 5.26 Å². The highest BCUT2D eigenvalue weighted by Gasteiger charge is 2.19. The molecule has 4 nitrogen and oxygen atoms in total. The van der Waals surface area contributed by atoms with Crippen LogP contribution in [0.5, 0.6) is 0 Å². The Balaban J connectivity index is 1.84. The van der Waals surface area contributed by atoms with Crippen molar-refractivity contribution in [2.24, 2.45) is 0 Å². The summed E-state index contributed by atoms with van der Waals surface area (Å²) >= 11 is 0. The molecule has 1 fully saturated rings. The van der Waals surface area contributed by atoms with Gasteiger partial charge in [0.05, 0.1) is 0 Å². The van der Waals surface area contributed by atoms with Gasteiger partial charge >= 0.3 is 0 Å². The third-order valence-electron chi connectivity index (χ3n) is 3.69. The number of nitrogens with zero attached hydrogens (tertiary/aromatic N) is 2. The second kappa shape index (κ2) is 8.18. The van der Waals surface area contributed by atoms with E-state index in [1.54, 1.807) is 11.0 Å². The molecule has 116 valence electrons. The number of hydrogen-bond donors (Lipinski definition) is 1. The number of nitriles is 1. The van der Waals surface area contributed by atoms with Crippen molar-refractivity contribution in [3.05, 3.63) is 47.4 Å². The summed E-state index contributed by atoms with van der Waals surface area (Å²) in [5.74, 6) is -0.466. The van der Waals surface area contributed by atoms with Crippen LogP contribution in [-0.4, -0.2) is 30.4 Å². The number of carbonyl (C=O) groups is 1. The summed E-state index contributed by atoms with van der Waals surface area (Å²) in [6, 6.07) is 8.35.